The largest absolute Gasteiger partial charge is 0.479 e. The molecule has 0 bridgehead atoms. The minimum Gasteiger partial charge on any atom is -0.479 e. The first-order valence-electron chi connectivity index (χ1n) is 9.02. The molecule has 160 valence electrons. The summed E-state index contributed by atoms with van der Waals surface area (Å²) in [6.45, 7) is 1.52. The van der Waals surface area contributed by atoms with Crippen LogP contribution in [-0.4, -0.2) is 68.9 Å². The number of aliphatic hydroxyl groups is 3. The molecule has 6 atom stereocenters. The lowest BCUT2D eigenvalue weighted by Gasteiger charge is -2.38. The molecule has 0 unspecified atom stereocenters. The van der Waals surface area contributed by atoms with Crippen LogP contribution in [0.2, 0.25) is 0 Å². The number of rotatable bonds is 6. The minimum absolute atomic E-state index is 0.141. The van der Waals surface area contributed by atoms with E-state index in [1.807, 2.05) is 0 Å². The van der Waals surface area contributed by atoms with Gasteiger partial charge < -0.3 is 29.9 Å². The zero-order chi connectivity index (χ0) is 22.0. The van der Waals surface area contributed by atoms with E-state index in [1.165, 1.54) is 18.3 Å². The zero-order valence-corrected chi connectivity index (χ0v) is 16.6. The predicted molar refractivity (Wildman–Crippen MR) is 103 cm³/mol. The van der Waals surface area contributed by atoms with Gasteiger partial charge in [-0.25, -0.2) is 4.79 Å². The van der Waals surface area contributed by atoms with Crippen molar-refractivity contribution in [2.45, 2.75) is 43.5 Å². The molecule has 0 amide bonds. The molecule has 1 fully saturated rings. The second-order valence-electron chi connectivity index (χ2n) is 6.82. The van der Waals surface area contributed by atoms with Gasteiger partial charge in [-0.1, -0.05) is 30.3 Å². The number of carboxylic acid groups (broad SMARTS) is 1. The number of esters is 1. The number of aliphatic carboxylic acids is 1. The van der Waals surface area contributed by atoms with Crippen LogP contribution in [0.25, 0.3) is 0 Å². The topological polar surface area (TPSA) is 151 Å². The van der Waals surface area contributed by atoms with Crippen molar-refractivity contribution in [1.29, 1.82) is 0 Å². The molecule has 0 radical (unpaired) electrons. The number of benzene rings is 1. The lowest BCUT2D eigenvalue weighted by atomic mass is 9.97. The van der Waals surface area contributed by atoms with E-state index in [-0.39, 0.29) is 5.78 Å². The Morgan fingerprint density at radius 3 is 2.27 bits per heavy atom. The van der Waals surface area contributed by atoms with Gasteiger partial charge in [0.25, 0.3) is 0 Å². The van der Waals surface area contributed by atoms with Crippen LogP contribution in [0.1, 0.15) is 33.6 Å². The number of hydrogen-bond acceptors (Lipinski definition) is 9. The molecule has 0 spiro atoms. The Hall–Kier alpha value is -2.63. The van der Waals surface area contributed by atoms with Crippen molar-refractivity contribution >= 4 is 29.1 Å². The molecule has 2 heterocycles. The van der Waals surface area contributed by atoms with Gasteiger partial charge in [0.2, 0.25) is 12.1 Å². The van der Waals surface area contributed by atoms with Gasteiger partial charge in [0.05, 0.1) is 10.8 Å². The summed E-state index contributed by atoms with van der Waals surface area (Å²) in [6, 6.07) is 9.82. The smallest absolute Gasteiger partial charge is 0.335 e. The molecule has 1 saturated heterocycles. The van der Waals surface area contributed by atoms with Crippen LogP contribution in [0, 0.1) is 0 Å². The third kappa shape index (κ3) is 4.42. The lowest BCUT2D eigenvalue weighted by Crippen LogP contribution is -2.60. The number of ketones is 1. The Bertz CT molecular complexity index is 909. The molecule has 2 aromatic rings. The van der Waals surface area contributed by atoms with E-state index in [2.05, 4.69) is 0 Å². The van der Waals surface area contributed by atoms with Crippen LogP contribution in [0.15, 0.2) is 41.8 Å². The Morgan fingerprint density at radius 1 is 1.03 bits per heavy atom. The number of aliphatic hydroxyl groups excluding tert-OH is 3. The summed E-state index contributed by atoms with van der Waals surface area (Å²) in [4.78, 5) is 36.5. The van der Waals surface area contributed by atoms with E-state index < -0.39 is 48.6 Å². The molecule has 1 aromatic heterocycles. The average molecular weight is 436 g/mol. The maximum absolute atomic E-state index is 12.5. The van der Waals surface area contributed by atoms with E-state index >= 15 is 0 Å². The van der Waals surface area contributed by atoms with Gasteiger partial charge in [0.15, 0.2) is 6.10 Å². The zero-order valence-electron chi connectivity index (χ0n) is 15.7. The standard InChI is InChI=1S/C20H20O9S/c1-9(10-4-6-11(7-5-10)13(21)12-3-2-8-30-12)19(27)29-20-16(24)14(22)15(23)17(28-20)18(25)26/h2-9,14-17,20,22-24H,1H3,(H,25,26)/t9-,14+,15+,16-,17+,20+/m1/s1. The number of carbonyl (C=O) groups excluding carboxylic acids is 2. The Balaban J connectivity index is 1.68. The number of thiophene rings is 1. The molecular formula is C20H20O9S. The maximum atomic E-state index is 12.5. The van der Waals surface area contributed by atoms with Gasteiger partial charge in [0.1, 0.15) is 18.3 Å². The summed E-state index contributed by atoms with van der Waals surface area (Å²) in [5.74, 6) is -3.39. The highest BCUT2D eigenvalue weighted by Crippen LogP contribution is 2.26. The van der Waals surface area contributed by atoms with Crippen molar-refractivity contribution in [1.82, 2.24) is 0 Å². The van der Waals surface area contributed by atoms with Crippen molar-refractivity contribution < 1.29 is 44.3 Å². The monoisotopic (exact) mass is 436 g/mol. The van der Waals surface area contributed by atoms with Crippen LogP contribution in [0.5, 0.6) is 0 Å². The number of carboxylic acids is 1. The fraction of sp³-hybridized carbons (Fsp3) is 0.350. The average Bonchev–Trinajstić information content (AvgIpc) is 3.27. The van der Waals surface area contributed by atoms with Crippen molar-refractivity contribution in [3.63, 3.8) is 0 Å². The third-order valence-corrected chi connectivity index (χ3v) is 5.69. The van der Waals surface area contributed by atoms with E-state index in [4.69, 9.17) is 14.6 Å². The number of hydrogen-bond donors (Lipinski definition) is 4. The van der Waals surface area contributed by atoms with Crippen LogP contribution < -0.4 is 0 Å². The molecule has 1 aliphatic heterocycles. The van der Waals surface area contributed by atoms with E-state index in [9.17, 15) is 29.7 Å². The fourth-order valence-electron chi connectivity index (χ4n) is 2.98. The van der Waals surface area contributed by atoms with Crippen molar-refractivity contribution in [3.05, 3.63) is 57.8 Å². The molecular weight excluding hydrogens is 416 g/mol. The fourth-order valence-corrected chi connectivity index (χ4v) is 3.66. The number of ether oxygens (including phenoxy) is 2. The molecule has 1 aliphatic rings. The third-order valence-electron chi connectivity index (χ3n) is 4.82. The van der Waals surface area contributed by atoms with Gasteiger partial charge in [-0.3, -0.25) is 9.59 Å². The SMILES string of the molecule is C[C@@H](C(=O)O[C@@H]1O[C@H](C(=O)O)[C@@H](O)[C@H](O)[C@H]1O)c1ccc(C(=O)c2cccs2)cc1. The number of carbonyl (C=O) groups is 3. The van der Waals surface area contributed by atoms with Crippen molar-refractivity contribution in [2.75, 3.05) is 0 Å². The summed E-state index contributed by atoms with van der Waals surface area (Å²) in [5, 5.41) is 40.3. The summed E-state index contributed by atoms with van der Waals surface area (Å²) >= 11 is 1.32. The molecule has 4 N–H and O–H groups in total. The second kappa shape index (κ2) is 9.02. The van der Waals surface area contributed by atoms with Crippen molar-refractivity contribution in [3.8, 4) is 0 Å². The Labute approximate surface area is 175 Å². The normalized spacial score (nSPS) is 27.3. The molecule has 0 aliphatic carbocycles. The van der Waals surface area contributed by atoms with Gasteiger partial charge in [-0.05, 0) is 23.9 Å². The Morgan fingerprint density at radius 2 is 1.70 bits per heavy atom. The molecule has 10 heteroatoms. The minimum atomic E-state index is -1.88. The van der Waals surface area contributed by atoms with Crippen molar-refractivity contribution in [2.24, 2.45) is 0 Å². The van der Waals surface area contributed by atoms with Gasteiger partial charge in [0, 0.05) is 5.56 Å². The first-order chi connectivity index (χ1) is 14.2. The van der Waals surface area contributed by atoms with E-state index in [0.717, 1.165) is 0 Å². The molecule has 0 saturated carbocycles. The highest BCUT2D eigenvalue weighted by Gasteiger charge is 2.48. The van der Waals surface area contributed by atoms with Crippen LogP contribution >= 0.6 is 11.3 Å². The lowest BCUT2D eigenvalue weighted by molar-refractivity contribution is -0.286. The van der Waals surface area contributed by atoms with E-state index in [0.29, 0.717) is 16.0 Å². The summed E-state index contributed by atoms with van der Waals surface area (Å²) in [5.41, 5.74) is 0.970. The van der Waals surface area contributed by atoms with E-state index in [1.54, 1.807) is 41.8 Å². The van der Waals surface area contributed by atoms with Gasteiger partial charge in [-0.2, -0.15) is 0 Å². The highest BCUT2D eigenvalue weighted by molar-refractivity contribution is 7.12. The molecule has 9 nitrogen and oxygen atoms in total. The van der Waals surface area contributed by atoms with Crippen LogP contribution in [0.4, 0.5) is 0 Å². The molecule has 30 heavy (non-hydrogen) atoms. The molecule has 3 rings (SSSR count). The van der Waals surface area contributed by atoms with Gasteiger partial charge >= 0.3 is 11.9 Å². The first-order valence-corrected chi connectivity index (χ1v) is 9.89. The predicted octanol–water partition coefficient (Wildman–Crippen LogP) is 0.518. The quantitative estimate of drug-likeness (QED) is 0.375. The summed E-state index contributed by atoms with van der Waals surface area (Å²) in [6.07, 6.45) is -9.19. The van der Waals surface area contributed by atoms with Gasteiger partial charge in [-0.15, -0.1) is 11.3 Å². The Kier molecular flexibility index (Phi) is 6.64. The van der Waals surface area contributed by atoms with Crippen LogP contribution in [0.3, 0.4) is 0 Å². The first kappa shape index (κ1) is 22.1. The maximum Gasteiger partial charge on any atom is 0.335 e. The second-order valence-corrected chi connectivity index (χ2v) is 7.77. The van der Waals surface area contributed by atoms with Crippen LogP contribution in [-0.2, 0) is 19.1 Å². The summed E-state index contributed by atoms with van der Waals surface area (Å²) < 4.78 is 9.99. The molecule has 1 aromatic carbocycles. The summed E-state index contributed by atoms with van der Waals surface area (Å²) in [7, 11) is 0. The highest BCUT2D eigenvalue weighted by atomic mass is 32.1.